The third kappa shape index (κ3) is 3.88. The summed E-state index contributed by atoms with van der Waals surface area (Å²) in [5.41, 5.74) is 9.64. The second-order valence-corrected chi connectivity index (χ2v) is 13.1. The highest BCUT2D eigenvalue weighted by atomic mass is 15.2. The third-order valence-electron chi connectivity index (χ3n) is 10.1. The number of rotatable bonds is 3. The second kappa shape index (κ2) is 9.97. The molecule has 0 aliphatic heterocycles. The van der Waals surface area contributed by atoms with E-state index in [4.69, 9.17) is 16.8 Å². The molecule has 3 heteroatoms. The Morgan fingerprint density at radius 1 is 0.542 bits per heavy atom. The molecule has 10 rings (SSSR count). The van der Waals surface area contributed by atoms with Crippen molar-refractivity contribution in [2.75, 3.05) is 0 Å². The van der Waals surface area contributed by atoms with Gasteiger partial charge in [0, 0.05) is 27.1 Å². The Balaban J connectivity index is 1.27. The van der Waals surface area contributed by atoms with Crippen LogP contribution >= 0.6 is 0 Å². The molecule has 2 heterocycles. The molecule has 1 aliphatic carbocycles. The zero-order chi connectivity index (χ0) is 36.3. The van der Waals surface area contributed by atoms with Gasteiger partial charge in [-0.05, 0) is 80.6 Å². The Labute approximate surface area is 285 Å². The van der Waals surface area contributed by atoms with Gasteiger partial charge in [-0.3, -0.25) is 4.57 Å². The summed E-state index contributed by atoms with van der Waals surface area (Å²) in [5.74, 6) is 0.350. The SMILES string of the molecule is [2H]c1c([2H])c([2H])c(-c2nc(-n3c4ccccc4c4cc5ccccc5cc43)nc3cc(-c4ccc5c(c4)C(C)(C)c4ccccc4-5)ccc23)c([2H])c1[2H]. The summed E-state index contributed by atoms with van der Waals surface area (Å²) in [7, 11) is 0. The molecule has 0 unspecified atom stereocenters. The molecule has 0 radical (unpaired) electrons. The standard InChI is InChI=1S/C45H31N3/c1-45(2)38-18-10-8-16-33(38)34-22-20-31(25-39(34)45)32-21-23-36-40(26-32)46-44(47-43(36)28-12-4-3-5-13-28)48-41-19-11-9-17-35(41)37-24-29-14-6-7-15-30(29)27-42(37)48/h3-27H,1-2H3/i3D,4D,5D,12D,13D. The molecule has 9 aromatic rings. The summed E-state index contributed by atoms with van der Waals surface area (Å²) in [6.07, 6.45) is 0. The molecule has 0 spiro atoms. The van der Waals surface area contributed by atoms with Crippen molar-refractivity contribution in [3.63, 3.8) is 0 Å². The van der Waals surface area contributed by atoms with Gasteiger partial charge in [-0.15, -0.1) is 0 Å². The Bertz CT molecular complexity index is 3020. The molecule has 226 valence electrons. The largest absolute Gasteiger partial charge is 0.278 e. The first-order valence-electron chi connectivity index (χ1n) is 18.7. The van der Waals surface area contributed by atoms with Crippen molar-refractivity contribution < 1.29 is 6.85 Å². The van der Waals surface area contributed by atoms with E-state index in [9.17, 15) is 0 Å². The van der Waals surface area contributed by atoms with Crippen LogP contribution in [-0.2, 0) is 5.41 Å². The van der Waals surface area contributed by atoms with Crippen LogP contribution < -0.4 is 0 Å². The minimum atomic E-state index is -0.444. The van der Waals surface area contributed by atoms with Crippen molar-refractivity contribution in [1.82, 2.24) is 14.5 Å². The summed E-state index contributed by atoms with van der Waals surface area (Å²) < 4.78 is 45.2. The normalized spacial score (nSPS) is 14.8. The van der Waals surface area contributed by atoms with Crippen LogP contribution in [0.3, 0.4) is 0 Å². The number of benzene rings is 7. The summed E-state index contributed by atoms with van der Waals surface area (Å²) in [6, 6.07) is 40.0. The van der Waals surface area contributed by atoms with Gasteiger partial charge < -0.3 is 0 Å². The van der Waals surface area contributed by atoms with Crippen molar-refractivity contribution in [2.24, 2.45) is 0 Å². The quantitative estimate of drug-likeness (QED) is 0.197. The molecule has 1 aliphatic rings. The Morgan fingerprint density at radius 2 is 1.25 bits per heavy atom. The lowest BCUT2D eigenvalue weighted by Gasteiger charge is -2.22. The maximum Gasteiger partial charge on any atom is 0.235 e. The highest BCUT2D eigenvalue weighted by molar-refractivity contribution is 6.13. The molecule has 7 aromatic carbocycles. The monoisotopic (exact) mass is 618 g/mol. The van der Waals surface area contributed by atoms with E-state index in [0.717, 1.165) is 43.7 Å². The number of aromatic nitrogens is 3. The molecule has 0 fully saturated rings. The van der Waals surface area contributed by atoms with Gasteiger partial charge in [0.25, 0.3) is 0 Å². The van der Waals surface area contributed by atoms with Crippen LogP contribution in [0.15, 0.2) is 152 Å². The minimum Gasteiger partial charge on any atom is -0.278 e. The lowest BCUT2D eigenvalue weighted by molar-refractivity contribution is 0.660. The fourth-order valence-corrected chi connectivity index (χ4v) is 7.71. The maximum absolute atomic E-state index is 8.95. The van der Waals surface area contributed by atoms with Crippen LogP contribution in [0.2, 0.25) is 0 Å². The maximum atomic E-state index is 8.95. The summed E-state index contributed by atoms with van der Waals surface area (Å²) in [6.45, 7) is 4.53. The van der Waals surface area contributed by atoms with E-state index in [1.165, 1.54) is 22.3 Å². The first-order chi connectivity index (χ1) is 25.6. The Hall–Kier alpha value is -6.06. The molecule has 0 atom stereocenters. The van der Waals surface area contributed by atoms with E-state index in [-0.39, 0.29) is 28.8 Å². The first-order valence-corrected chi connectivity index (χ1v) is 16.2. The number of hydrogen-bond donors (Lipinski definition) is 0. The van der Waals surface area contributed by atoms with Gasteiger partial charge in [0.2, 0.25) is 5.95 Å². The van der Waals surface area contributed by atoms with Crippen LogP contribution in [0.1, 0.15) is 31.8 Å². The predicted octanol–water partition coefficient (Wildman–Crippen LogP) is 11.5. The highest BCUT2D eigenvalue weighted by Gasteiger charge is 2.35. The molecule has 3 nitrogen and oxygen atoms in total. The molecule has 0 amide bonds. The van der Waals surface area contributed by atoms with E-state index < -0.39 is 18.1 Å². The summed E-state index contributed by atoms with van der Waals surface area (Å²) >= 11 is 0. The van der Waals surface area contributed by atoms with E-state index in [2.05, 4.69) is 86.6 Å². The number of fused-ring (bicyclic) bond motifs is 8. The van der Waals surface area contributed by atoms with Crippen LogP contribution in [0.5, 0.6) is 0 Å². The fourth-order valence-electron chi connectivity index (χ4n) is 7.71. The van der Waals surface area contributed by atoms with E-state index in [0.29, 0.717) is 16.9 Å². The summed E-state index contributed by atoms with van der Waals surface area (Å²) in [5, 5.41) is 4.86. The Kier molecular flexibility index (Phi) is 4.67. The number of nitrogens with zero attached hydrogens (tertiary/aromatic N) is 3. The molecular weight excluding hydrogens is 583 g/mol. The van der Waals surface area contributed by atoms with Crippen molar-refractivity contribution in [3.8, 4) is 39.5 Å². The van der Waals surface area contributed by atoms with Crippen LogP contribution in [0, 0.1) is 0 Å². The average Bonchev–Trinajstić information content (AvgIpc) is 3.62. The zero-order valence-electron chi connectivity index (χ0n) is 31.4. The lowest BCUT2D eigenvalue weighted by atomic mass is 9.81. The molecule has 48 heavy (non-hydrogen) atoms. The molecule has 0 N–H and O–H groups in total. The van der Waals surface area contributed by atoms with Crippen molar-refractivity contribution >= 4 is 43.5 Å². The molecule has 0 saturated carbocycles. The van der Waals surface area contributed by atoms with Gasteiger partial charge in [0.15, 0.2) is 0 Å². The van der Waals surface area contributed by atoms with E-state index in [1.807, 2.05) is 53.1 Å². The molecule has 0 saturated heterocycles. The topological polar surface area (TPSA) is 30.7 Å². The summed E-state index contributed by atoms with van der Waals surface area (Å²) in [4.78, 5) is 10.3. The van der Waals surface area contributed by atoms with Gasteiger partial charge >= 0.3 is 0 Å². The third-order valence-corrected chi connectivity index (χ3v) is 10.1. The van der Waals surface area contributed by atoms with Crippen molar-refractivity contribution in [3.05, 3.63) is 163 Å². The van der Waals surface area contributed by atoms with Gasteiger partial charge in [-0.2, -0.15) is 0 Å². The Morgan fingerprint density at radius 3 is 2.12 bits per heavy atom. The van der Waals surface area contributed by atoms with Crippen LogP contribution in [-0.4, -0.2) is 14.5 Å². The van der Waals surface area contributed by atoms with Crippen molar-refractivity contribution in [1.29, 1.82) is 0 Å². The van der Waals surface area contributed by atoms with E-state index >= 15 is 0 Å². The van der Waals surface area contributed by atoms with Gasteiger partial charge in [0.1, 0.15) is 0 Å². The van der Waals surface area contributed by atoms with Gasteiger partial charge in [-0.25, -0.2) is 9.97 Å². The van der Waals surface area contributed by atoms with E-state index in [1.54, 1.807) is 0 Å². The van der Waals surface area contributed by atoms with Crippen LogP contribution in [0.4, 0.5) is 0 Å². The smallest absolute Gasteiger partial charge is 0.235 e. The number of hydrogen-bond acceptors (Lipinski definition) is 2. The lowest BCUT2D eigenvalue weighted by Crippen LogP contribution is -2.14. The zero-order valence-corrected chi connectivity index (χ0v) is 26.4. The van der Waals surface area contributed by atoms with Gasteiger partial charge in [-0.1, -0.05) is 129 Å². The fraction of sp³-hybridized carbons (Fsp3) is 0.0667. The minimum absolute atomic E-state index is 0.0423. The van der Waals surface area contributed by atoms with Crippen LogP contribution in [0.25, 0.3) is 82.9 Å². The second-order valence-electron chi connectivity index (χ2n) is 13.1. The molecule has 2 aromatic heterocycles. The van der Waals surface area contributed by atoms with Gasteiger partial charge in [0.05, 0.1) is 29.1 Å². The van der Waals surface area contributed by atoms with Crippen molar-refractivity contribution in [2.45, 2.75) is 19.3 Å². The molecular formula is C45H31N3. The highest BCUT2D eigenvalue weighted by Crippen LogP contribution is 2.49. The first kappa shape index (κ1) is 22.5. The number of para-hydroxylation sites is 1. The molecule has 0 bridgehead atoms. The predicted molar refractivity (Wildman–Crippen MR) is 200 cm³/mol. The average molecular weight is 619 g/mol.